The van der Waals surface area contributed by atoms with Crippen molar-refractivity contribution in [1.29, 1.82) is 0 Å². The largest absolute Gasteiger partial charge is 0.419 e. The van der Waals surface area contributed by atoms with Crippen LogP contribution in [0.3, 0.4) is 0 Å². The second kappa shape index (κ2) is 5.70. The molecule has 2 aromatic rings. The van der Waals surface area contributed by atoms with Crippen LogP contribution >= 0.6 is 27.3 Å². The molecule has 1 N–H and O–H groups in total. The van der Waals surface area contributed by atoms with Gasteiger partial charge in [0.05, 0.1) is 21.8 Å². The lowest BCUT2D eigenvalue weighted by atomic mass is 10.2. The van der Waals surface area contributed by atoms with E-state index < -0.39 is 0 Å². The Morgan fingerprint density at radius 2 is 2.37 bits per heavy atom. The third-order valence-electron chi connectivity index (χ3n) is 3.30. The van der Waals surface area contributed by atoms with Crippen molar-refractivity contribution in [2.75, 3.05) is 13.2 Å². The smallest absolute Gasteiger partial charge is 0.257 e. The summed E-state index contributed by atoms with van der Waals surface area (Å²) >= 11 is 4.99. The SMILES string of the molecule is OC[C@H]1CCCN1Cc1nnc(-c2ccc(Br)s2)o1. The molecule has 0 aromatic carbocycles. The number of hydrogen-bond acceptors (Lipinski definition) is 6. The number of halogens is 1. The minimum absolute atomic E-state index is 0.193. The summed E-state index contributed by atoms with van der Waals surface area (Å²) in [6, 6.07) is 4.15. The van der Waals surface area contributed by atoms with Crippen LogP contribution in [-0.2, 0) is 6.54 Å². The number of thiophene rings is 1. The Bertz CT molecular complexity index is 557. The fraction of sp³-hybridized carbons (Fsp3) is 0.500. The number of nitrogens with zero attached hydrogens (tertiary/aromatic N) is 3. The van der Waals surface area contributed by atoms with Gasteiger partial charge < -0.3 is 9.52 Å². The summed E-state index contributed by atoms with van der Waals surface area (Å²) < 4.78 is 6.73. The Hall–Kier alpha value is -0.760. The van der Waals surface area contributed by atoms with E-state index in [0.717, 1.165) is 28.0 Å². The molecule has 0 bridgehead atoms. The zero-order chi connectivity index (χ0) is 13.2. The predicted octanol–water partition coefficient (Wildman–Crippen LogP) is 2.52. The van der Waals surface area contributed by atoms with Crippen molar-refractivity contribution in [1.82, 2.24) is 15.1 Å². The number of hydrogen-bond donors (Lipinski definition) is 1. The topological polar surface area (TPSA) is 62.4 Å². The van der Waals surface area contributed by atoms with E-state index in [0.29, 0.717) is 18.3 Å². The van der Waals surface area contributed by atoms with Crippen LogP contribution in [-0.4, -0.2) is 39.4 Å². The summed E-state index contributed by atoms with van der Waals surface area (Å²) in [6.45, 7) is 1.79. The van der Waals surface area contributed by atoms with Crippen molar-refractivity contribution in [3.05, 3.63) is 21.8 Å². The maximum Gasteiger partial charge on any atom is 0.257 e. The standard InChI is InChI=1S/C12H14BrN3O2S/c13-10-4-3-9(19-10)12-15-14-11(18-12)6-16-5-1-2-8(16)7-17/h3-4,8,17H,1-2,5-7H2/t8-/m1/s1. The molecule has 102 valence electrons. The van der Waals surface area contributed by atoms with Crippen LogP contribution in [0.5, 0.6) is 0 Å². The van der Waals surface area contributed by atoms with Gasteiger partial charge in [0.1, 0.15) is 0 Å². The van der Waals surface area contributed by atoms with Crippen LogP contribution in [0.1, 0.15) is 18.7 Å². The molecule has 0 aliphatic carbocycles. The Labute approximate surface area is 123 Å². The zero-order valence-corrected chi connectivity index (χ0v) is 12.7. The number of aliphatic hydroxyl groups is 1. The first kappa shape index (κ1) is 13.2. The molecule has 0 amide bonds. The van der Waals surface area contributed by atoms with Gasteiger partial charge in [-0.3, -0.25) is 4.90 Å². The van der Waals surface area contributed by atoms with Gasteiger partial charge in [-0.05, 0) is 47.4 Å². The molecule has 1 fully saturated rings. The average Bonchev–Trinajstić information content (AvgIpc) is 3.10. The summed E-state index contributed by atoms with van der Waals surface area (Å²) in [6.07, 6.45) is 2.15. The molecule has 0 saturated carbocycles. The lowest BCUT2D eigenvalue weighted by molar-refractivity contribution is 0.144. The van der Waals surface area contributed by atoms with Crippen LogP contribution in [0.4, 0.5) is 0 Å². The summed E-state index contributed by atoms with van der Waals surface area (Å²) in [5, 5.41) is 17.5. The highest BCUT2D eigenvalue weighted by Gasteiger charge is 2.25. The van der Waals surface area contributed by atoms with Crippen molar-refractivity contribution < 1.29 is 9.52 Å². The third-order valence-corrected chi connectivity index (χ3v) is 4.91. The molecular weight excluding hydrogens is 330 g/mol. The van der Waals surface area contributed by atoms with Gasteiger partial charge in [0.2, 0.25) is 5.89 Å². The quantitative estimate of drug-likeness (QED) is 0.924. The molecule has 7 heteroatoms. The highest BCUT2D eigenvalue weighted by Crippen LogP contribution is 2.30. The molecule has 2 aromatic heterocycles. The minimum Gasteiger partial charge on any atom is -0.419 e. The summed E-state index contributed by atoms with van der Waals surface area (Å²) in [5.74, 6) is 1.17. The molecule has 1 saturated heterocycles. The molecular formula is C12H14BrN3O2S. The first-order chi connectivity index (χ1) is 9.26. The van der Waals surface area contributed by atoms with Crippen molar-refractivity contribution in [2.45, 2.75) is 25.4 Å². The van der Waals surface area contributed by atoms with E-state index in [1.54, 1.807) is 11.3 Å². The summed E-state index contributed by atoms with van der Waals surface area (Å²) in [4.78, 5) is 3.16. The van der Waals surface area contributed by atoms with Crippen LogP contribution in [0.2, 0.25) is 0 Å². The van der Waals surface area contributed by atoms with Crippen molar-refractivity contribution in [3.63, 3.8) is 0 Å². The number of rotatable bonds is 4. The number of aromatic nitrogens is 2. The Kier molecular flexibility index (Phi) is 3.97. The Morgan fingerprint density at radius 1 is 1.47 bits per heavy atom. The number of aliphatic hydroxyl groups excluding tert-OH is 1. The molecule has 19 heavy (non-hydrogen) atoms. The van der Waals surface area contributed by atoms with Crippen molar-refractivity contribution in [3.8, 4) is 10.8 Å². The van der Waals surface area contributed by atoms with Gasteiger partial charge in [-0.2, -0.15) is 0 Å². The molecule has 0 unspecified atom stereocenters. The van der Waals surface area contributed by atoms with Gasteiger partial charge in [-0.1, -0.05) is 0 Å². The Morgan fingerprint density at radius 3 is 3.11 bits per heavy atom. The fourth-order valence-electron chi connectivity index (χ4n) is 2.33. The van der Waals surface area contributed by atoms with Gasteiger partial charge in [0.15, 0.2) is 0 Å². The van der Waals surface area contributed by atoms with Gasteiger partial charge in [-0.25, -0.2) is 0 Å². The zero-order valence-electron chi connectivity index (χ0n) is 10.3. The van der Waals surface area contributed by atoms with Crippen LogP contribution in [0.15, 0.2) is 20.3 Å². The van der Waals surface area contributed by atoms with Crippen molar-refractivity contribution >= 4 is 27.3 Å². The number of likely N-dealkylation sites (tertiary alicyclic amines) is 1. The summed E-state index contributed by atoms with van der Waals surface area (Å²) in [7, 11) is 0. The average molecular weight is 344 g/mol. The first-order valence-electron chi connectivity index (χ1n) is 6.19. The molecule has 0 spiro atoms. The van der Waals surface area contributed by atoms with Gasteiger partial charge in [-0.15, -0.1) is 21.5 Å². The van der Waals surface area contributed by atoms with Crippen molar-refractivity contribution in [2.24, 2.45) is 0 Å². The van der Waals surface area contributed by atoms with E-state index in [9.17, 15) is 5.11 Å². The molecule has 1 aliphatic heterocycles. The van der Waals surface area contributed by atoms with E-state index in [-0.39, 0.29) is 12.6 Å². The molecule has 1 aliphatic rings. The summed E-state index contributed by atoms with van der Waals surface area (Å²) in [5.41, 5.74) is 0. The van der Waals surface area contributed by atoms with Crippen LogP contribution < -0.4 is 0 Å². The second-order valence-electron chi connectivity index (χ2n) is 4.55. The maximum absolute atomic E-state index is 9.29. The first-order valence-corrected chi connectivity index (χ1v) is 7.80. The van der Waals surface area contributed by atoms with Gasteiger partial charge in [0.25, 0.3) is 5.89 Å². The molecule has 3 heterocycles. The lowest BCUT2D eigenvalue weighted by Gasteiger charge is -2.20. The Balaban J connectivity index is 1.71. The molecule has 3 rings (SSSR count). The molecule has 5 nitrogen and oxygen atoms in total. The predicted molar refractivity (Wildman–Crippen MR) is 75.8 cm³/mol. The normalized spacial score (nSPS) is 20.2. The van der Waals surface area contributed by atoms with E-state index in [4.69, 9.17) is 4.42 Å². The molecule has 1 atom stereocenters. The van der Waals surface area contributed by atoms with Gasteiger partial charge >= 0.3 is 0 Å². The third kappa shape index (κ3) is 2.89. The van der Waals surface area contributed by atoms with Gasteiger partial charge in [0, 0.05) is 6.04 Å². The molecule has 0 radical (unpaired) electrons. The highest BCUT2D eigenvalue weighted by molar-refractivity contribution is 9.11. The second-order valence-corrected chi connectivity index (χ2v) is 7.02. The lowest BCUT2D eigenvalue weighted by Crippen LogP contribution is -2.31. The fourth-order valence-corrected chi connectivity index (χ4v) is 3.64. The highest BCUT2D eigenvalue weighted by atomic mass is 79.9. The monoisotopic (exact) mass is 343 g/mol. The minimum atomic E-state index is 0.193. The van der Waals surface area contributed by atoms with E-state index in [2.05, 4.69) is 31.0 Å². The van der Waals surface area contributed by atoms with Crippen LogP contribution in [0.25, 0.3) is 10.8 Å². The van der Waals surface area contributed by atoms with Crippen LogP contribution in [0, 0.1) is 0 Å². The van der Waals surface area contributed by atoms with E-state index in [1.165, 1.54) is 0 Å². The van der Waals surface area contributed by atoms with E-state index >= 15 is 0 Å². The maximum atomic E-state index is 9.29. The van der Waals surface area contributed by atoms with E-state index in [1.807, 2.05) is 12.1 Å².